The van der Waals surface area contributed by atoms with Gasteiger partial charge in [-0.2, -0.15) is 0 Å². The fourth-order valence-corrected chi connectivity index (χ4v) is 5.10. The van der Waals surface area contributed by atoms with E-state index in [9.17, 15) is 4.79 Å². The van der Waals surface area contributed by atoms with Gasteiger partial charge in [0.1, 0.15) is 0 Å². The maximum absolute atomic E-state index is 12.8. The zero-order valence-electron chi connectivity index (χ0n) is 19.3. The largest absolute Gasteiger partial charge is 0.493 e. The number of benzene rings is 2. The minimum absolute atomic E-state index is 0.104. The molecule has 0 saturated heterocycles. The van der Waals surface area contributed by atoms with E-state index in [0.29, 0.717) is 35.6 Å². The molecule has 1 aliphatic rings. The van der Waals surface area contributed by atoms with Crippen molar-refractivity contribution < 1.29 is 13.9 Å². The lowest BCUT2D eigenvalue weighted by molar-refractivity contribution is 0.0928. The molecule has 0 bridgehead atoms. The molecule has 32 heavy (non-hydrogen) atoms. The van der Waals surface area contributed by atoms with E-state index in [0.717, 1.165) is 23.8 Å². The van der Waals surface area contributed by atoms with E-state index in [4.69, 9.17) is 14.9 Å². The lowest BCUT2D eigenvalue weighted by Crippen LogP contribution is -2.33. The van der Waals surface area contributed by atoms with Gasteiger partial charge in [0.15, 0.2) is 17.1 Å². The van der Waals surface area contributed by atoms with Crippen LogP contribution in [0.3, 0.4) is 0 Å². The SMILES string of the molecule is COc1ccc(C(N)C2CCCC(C)C2C)c2cc(C(=O)NCCc3ccccc3)oc12. The summed E-state index contributed by atoms with van der Waals surface area (Å²) in [7, 11) is 1.61. The zero-order chi connectivity index (χ0) is 22.7. The molecule has 0 spiro atoms. The molecule has 1 aromatic heterocycles. The highest BCUT2D eigenvalue weighted by Crippen LogP contribution is 2.43. The Kier molecular flexibility index (Phi) is 6.85. The molecule has 0 radical (unpaired) electrons. The molecule has 4 atom stereocenters. The minimum atomic E-state index is -0.224. The van der Waals surface area contributed by atoms with Crippen molar-refractivity contribution >= 4 is 16.9 Å². The third-order valence-electron chi connectivity index (χ3n) is 7.26. The van der Waals surface area contributed by atoms with Gasteiger partial charge in [-0.25, -0.2) is 0 Å². The van der Waals surface area contributed by atoms with Crippen LogP contribution in [0.4, 0.5) is 0 Å². The van der Waals surface area contributed by atoms with Crippen molar-refractivity contribution in [3.05, 3.63) is 65.4 Å². The number of fused-ring (bicyclic) bond motifs is 1. The van der Waals surface area contributed by atoms with Crippen LogP contribution in [0.2, 0.25) is 0 Å². The first kappa shape index (κ1) is 22.4. The summed E-state index contributed by atoms with van der Waals surface area (Å²) in [6.45, 7) is 5.18. The number of carbonyl (C=O) groups excluding carboxylic acids is 1. The number of hydrogen-bond donors (Lipinski definition) is 2. The normalized spacial score (nSPS) is 21.9. The predicted octanol–water partition coefficient (Wildman–Crippen LogP) is 5.49. The number of furan rings is 1. The number of carbonyl (C=O) groups is 1. The number of nitrogens with two attached hydrogens (primary N) is 1. The quantitative estimate of drug-likeness (QED) is 0.516. The second-order valence-electron chi connectivity index (χ2n) is 9.16. The van der Waals surface area contributed by atoms with Crippen molar-refractivity contribution in [2.24, 2.45) is 23.5 Å². The molecule has 2 aromatic carbocycles. The van der Waals surface area contributed by atoms with Gasteiger partial charge in [0.05, 0.1) is 7.11 Å². The van der Waals surface area contributed by atoms with Crippen LogP contribution in [-0.4, -0.2) is 19.6 Å². The first-order valence-electron chi connectivity index (χ1n) is 11.7. The van der Waals surface area contributed by atoms with Crippen LogP contribution in [0.5, 0.6) is 5.75 Å². The van der Waals surface area contributed by atoms with E-state index < -0.39 is 0 Å². The van der Waals surface area contributed by atoms with Crippen LogP contribution in [-0.2, 0) is 6.42 Å². The Labute approximate surface area is 190 Å². The Morgan fingerprint density at radius 3 is 2.72 bits per heavy atom. The van der Waals surface area contributed by atoms with Crippen molar-refractivity contribution in [2.75, 3.05) is 13.7 Å². The van der Waals surface area contributed by atoms with Crippen molar-refractivity contribution in [3.8, 4) is 5.75 Å². The van der Waals surface area contributed by atoms with E-state index in [-0.39, 0.29) is 17.7 Å². The highest BCUT2D eigenvalue weighted by atomic mass is 16.5. The summed E-state index contributed by atoms with van der Waals surface area (Å²) in [4.78, 5) is 12.8. The number of methoxy groups -OCH3 is 1. The van der Waals surface area contributed by atoms with Crippen LogP contribution in [0.25, 0.3) is 11.0 Å². The molecule has 1 amide bonds. The zero-order valence-corrected chi connectivity index (χ0v) is 19.3. The number of rotatable bonds is 7. The average molecular weight is 435 g/mol. The lowest BCUT2D eigenvalue weighted by Gasteiger charge is -2.38. The fourth-order valence-electron chi connectivity index (χ4n) is 5.10. The fraction of sp³-hybridized carbons (Fsp3) is 0.444. The van der Waals surface area contributed by atoms with E-state index in [2.05, 4.69) is 31.3 Å². The van der Waals surface area contributed by atoms with Gasteiger partial charge in [0.25, 0.3) is 5.91 Å². The maximum atomic E-state index is 12.8. The maximum Gasteiger partial charge on any atom is 0.287 e. The highest BCUT2D eigenvalue weighted by Gasteiger charge is 2.33. The molecule has 1 aliphatic carbocycles. The van der Waals surface area contributed by atoms with Gasteiger partial charge in [-0.15, -0.1) is 0 Å². The smallest absolute Gasteiger partial charge is 0.287 e. The number of amides is 1. The van der Waals surface area contributed by atoms with Crippen LogP contribution < -0.4 is 15.8 Å². The molecule has 0 aliphatic heterocycles. The molecule has 3 aromatic rings. The van der Waals surface area contributed by atoms with Gasteiger partial charge in [0, 0.05) is 18.0 Å². The van der Waals surface area contributed by atoms with E-state index in [1.54, 1.807) is 7.11 Å². The lowest BCUT2D eigenvalue weighted by atomic mass is 9.69. The van der Waals surface area contributed by atoms with Gasteiger partial charge in [-0.1, -0.05) is 63.1 Å². The first-order chi connectivity index (χ1) is 15.5. The highest BCUT2D eigenvalue weighted by molar-refractivity contribution is 5.98. The topological polar surface area (TPSA) is 77.5 Å². The Morgan fingerprint density at radius 2 is 1.97 bits per heavy atom. The molecule has 5 heteroatoms. The van der Waals surface area contributed by atoms with Gasteiger partial charge in [-0.3, -0.25) is 4.79 Å². The van der Waals surface area contributed by atoms with Gasteiger partial charge < -0.3 is 20.2 Å². The third-order valence-corrected chi connectivity index (χ3v) is 7.26. The van der Waals surface area contributed by atoms with Crippen molar-refractivity contribution in [1.29, 1.82) is 0 Å². The molecule has 3 N–H and O–H groups in total. The Morgan fingerprint density at radius 1 is 1.19 bits per heavy atom. The summed E-state index contributed by atoms with van der Waals surface area (Å²) < 4.78 is 11.5. The second-order valence-corrected chi connectivity index (χ2v) is 9.16. The van der Waals surface area contributed by atoms with Crippen molar-refractivity contribution in [2.45, 2.75) is 45.6 Å². The van der Waals surface area contributed by atoms with E-state index in [1.807, 2.05) is 36.4 Å². The van der Waals surface area contributed by atoms with Gasteiger partial charge >= 0.3 is 0 Å². The van der Waals surface area contributed by atoms with E-state index in [1.165, 1.54) is 18.4 Å². The third kappa shape index (κ3) is 4.53. The molecule has 4 unspecified atom stereocenters. The molecular weight excluding hydrogens is 400 g/mol. The monoisotopic (exact) mass is 434 g/mol. The number of hydrogen-bond acceptors (Lipinski definition) is 4. The summed E-state index contributed by atoms with van der Waals surface area (Å²) in [6.07, 6.45) is 4.37. The summed E-state index contributed by atoms with van der Waals surface area (Å²) in [5, 5.41) is 3.84. The second kappa shape index (κ2) is 9.78. The van der Waals surface area contributed by atoms with Crippen LogP contribution in [0.1, 0.15) is 60.8 Å². The van der Waals surface area contributed by atoms with Crippen LogP contribution >= 0.6 is 0 Å². The van der Waals surface area contributed by atoms with Crippen molar-refractivity contribution in [3.63, 3.8) is 0 Å². The van der Waals surface area contributed by atoms with E-state index >= 15 is 0 Å². The van der Waals surface area contributed by atoms with Gasteiger partial charge in [0.2, 0.25) is 0 Å². The van der Waals surface area contributed by atoms with Crippen molar-refractivity contribution in [1.82, 2.24) is 5.32 Å². The Balaban J connectivity index is 1.57. The molecule has 5 nitrogen and oxygen atoms in total. The molecule has 1 heterocycles. The molecule has 4 rings (SSSR count). The standard InChI is InChI=1S/C27H34N2O3/c1-17-8-7-11-20(18(17)2)25(28)21-12-13-23(31-3)26-22(21)16-24(32-26)27(30)29-15-14-19-9-5-4-6-10-19/h4-6,9-10,12-13,16-18,20,25H,7-8,11,14-15,28H2,1-3H3,(H,29,30). The number of nitrogens with one attached hydrogen (secondary N) is 1. The molecule has 1 fully saturated rings. The molecule has 170 valence electrons. The molecule has 1 saturated carbocycles. The van der Waals surface area contributed by atoms with Gasteiger partial charge in [-0.05, 0) is 53.9 Å². The first-order valence-corrected chi connectivity index (χ1v) is 11.7. The summed E-state index contributed by atoms with van der Waals surface area (Å²) in [6, 6.07) is 15.7. The predicted molar refractivity (Wildman–Crippen MR) is 128 cm³/mol. The van der Waals surface area contributed by atoms with Crippen LogP contribution in [0, 0.1) is 17.8 Å². The minimum Gasteiger partial charge on any atom is -0.493 e. The Bertz CT molecular complexity index is 1060. The summed E-state index contributed by atoms with van der Waals surface area (Å²) >= 11 is 0. The summed E-state index contributed by atoms with van der Waals surface area (Å²) in [5.74, 6) is 2.32. The average Bonchev–Trinajstić information content (AvgIpc) is 3.26. The van der Waals surface area contributed by atoms with Crippen LogP contribution in [0.15, 0.2) is 52.9 Å². The Hall–Kier alpha value is -2.79. The summed E-state index contributed by atoms with van der Waals surface area (Å²) in [5.41, 5.74) is 9.63. The molecular formula is C27H34N2O3. The number of ether oxygens (including phenoxy) is 1.